The molecular weight excluding hydrogens is 703 g/mol. The summed E-state index contributed by atoms with van der Waals surface area (Å²) in [7, 11) is 6.24. The smallest absolute Gasteiger partial charge is 0.251 e. The van der Waals surface area contributed by atoms with E-state index in [9.17, 15) is 14.4 Å². The summed E-state index contributed by atoms with van der Waals surface area (Å²) in [5.74, 6) is -0.480. The number of benzene rings is 2. The highest BCUT2D eigenvalue weighted by Crippen LogP contribution is 2.72. The van der Waals surface area contributed by atoms with E-state index in [0.29, 0.717) is 50.4 Å². The molecule has 0 fully saturated rings. The first-order chi connectivity index (χ1) is 27.1. The molecule has 0 aliphatic heterocycles. The summed E-state index contributed by atoms with van der Waals surface area (Å²) in [6, 6.07) is 10.1. The Bertz CT molecular complexity index is 1760. The molecule has 12 nitrogen and oxygen atoms in total. The maximum atomic E-state index is 13.7. The predicted octanol–water partition coefficient (Wildman–Crippen LogP) is 2.64. The Hall–Kier alpha value is -3.91. The molecule has 4 aliphatic rings. The second-order valence-electron chi connectivity index (χ2n) is 15.8. The van der Waals surface area contributed by atoms with Crippen molar-refractivity contribution in [3.05, 3.63) is 92.6 Å². The molecule has 2 atom stereocenters. The summed E-state index contributed by atoms with van der Waals surface area (Å²) < 4.78 is 0. The van der Waals surface area contributed by atoms with Crippen molar-refractivity contribution in [2.24, 2.45) is 17.2 Å². The van der Waals surface area contributed by atoms with Gasteiger partial charge in [-0.15, -0.1) is 0 Å². The molecule has 0 heterocycles. The summed E-state index contributed by atoms with van der Waals surface area (Å²) in [5, 5.41) is 9.47. The quantitative estimate of drug-likeness (QED) is 0.0787. The van der Waals surface area contributed by atoms with Gasteiger partial charge in [-0.3, -0.25) is 14.4 Å². The van der Waals surface area contributed by atoms with E-state index in [1.807, 2.05) is 37.3 Å². The van der Waals surface area contributed by atoms with E-state index < -0.39 is 5.41 Å². The number of amides is 3. The van der Waals surface area contributed by atoms with E-state index in [1.165, 1.54) is 5.56 Å². The van der Waals surface area contributed by atoms with Gasteiger partial charge in [0.25, 0.3) is 11.8 Å². The van der Waals surface area contributed by atoms with Crippen LogP contribution in [0.1, 0.15) is 106 Å². The fraction of sp³-hybridized carbons (Fsp3) is 0.568. The third kappa shape index (κ3) is 9.78. The van der Waals surface area contributed by atoms with Gasteiger partial charge in [0.15, 0.2) is 0 Å². The minimum absolute atomic E-state index is 0.0212. The van der Waals surface area contributed by atoms with E-state index in [4.69, 9.17) is 17.2 Å². The maximum absolute atomic E-state index is 13.7. The molecule has 9 N–H and O–H groups in total. The predicted molar refractivity (Wildman–Crippen MR) is 226 cm³/mol. The average Bonchev–Trinajstić information content (AvgIpc) is 3.87. The number of rotatable bonds is 26. The Morgan fingerprint density at radius 2 is 1.16 bits per heavy atom. The van der Waals surface area contributed by atoms with Crippen LogP contribution < -0.4 is 33.2 Å². The van der Waals surface area contributed by atoms with Crippen LogP contribution >= 0.6 is 0 Å². The van der Waals surface area contributed by atoms with Crippen LogP contribution in [-0.4, -0.2) is 132 Å². The lowest BCUT2D eigenvalue weighted by Gasteiger charge is -2.41. The number of allylic oxidation sites excluding steroid dienone is 3. The molecule has 0 radical (unpaired) electrons. The second kappa shape index (κ2) is 20.5. The molecule has 3 amide bonds. The van der Waals surface area contributed by atoms with Crippen molar-refractivity contribution in [2.45, 2.75) is 63.2 Å². The number of hydrogen-bond donors (Lipinski definition) is 6. The Morgan fingerprint density at radius 3 is 1.70 bits per heavy atom. The molecule has 2 aromatic rings. The van der Waals surface area contributed by atoms with Crippen LogP contribution in [0.3, 0.4) is 0 Å². The number of hydrogen-bond acceptors (Lipinski definition) is 9. The van der Waals surface area contributed by atoms with E-state index in [2.05, 4.69) is 63.9 Å². The Balaban J connectivity index is 1.38. The van der Waals surface area contributed by atoms with Crippen molar-refractivity contribution in [2.75, 3.05) is 99.7 Å². The fourth-order valence-corrected chi connectivity index (χ4v) is 8.71. The molecule has 4 aliphatic carbocycles. The van der Waals surface area contributed by atoms with Gasteiger partial charge in [0.05, 0.1) is 5.41 Å². The fourth-order valence-electron chi connectivity index (χ4n) is 8.71. The number of carbonyl (C=O) groups excluding carboxylic acids is 3. The standard InChI is InChI=1S/C44H67N9O3/c1-5-12-36-34(30-39(54)48-18-9-24-51(2)21-6-15-45)40-33-27-31(42(55)49-19-10-25-52(3)22-7-16-46)13-14-37(33)44(36)38-29-32(28-35(40)41(38)44)43(56)50-20-11-26-53(4)23-8-17-47/h5,12-14,27-29,40H,6-11,15-26,30,45-47H2,1-4H3,(H,48,54)(H,49,55)(H,50,56)/b12-5-. The van der Waals surface area contributed by atoms with Gasteiger partial charge in [0.2, 0.25) is 5.91 Å². The molecule has 56 heavy (non-hydrogen) atoms. The summed E-state index contributed by atoms with van der Waals surface area (Å²) in [6.07, 6.45) is 9.82. The Kier molecular flexibility index (Phi) is 15.8. The molecule has 2 aromatic carbocycles. The molecule has 2 unspecified atom stereocenters. The number of nitrogens with zero attached hydrogens (tertiary/aromatic N) is 3. The van der Waals surface area contributed by atoms with E-state index in [1.54, 1.807) is 0 Å². The first-order valence-electron chi connectivity index (χ1n) is 20.8. The van der Waals surface area contributed by atoms with E-state index >= 15 is 0 Å². The zero-order valence-corrected chi connectivity index (χ0v) is 34.4. The molecule has 2 bridgehead atoms. The molecule has 1 spiro atoms. The summed E-state index contributed by atoms with van der Waals surface area (Å²) in [5.41, 5.74) is 25.5. The molecule has 0 aromatic heterocycles. The number of carbonyl (C=O) groups is 3. The largest absolute Gasteiger partial charge is 0.356 e. The van der Waals surface area contributed by atoms with E-state index in [0.717, 1.165) is 111 Å². The van der Waals surface area contributed by atoms with Crippen LogP contribution in [0.15, 0.2) is 53.6 Å². The minimum Gasteiger partial charge on any atom is -0.356 e. The molecule has 12 heteroatoms. The first-order valence-corrected chi connectivity index (χ1v) is 20.8. The van der Waals surface area contributed by atoms with Crippen LogP contribution in [-0.2, 0) is 10.2 Å². The van der Waals surface area contributed by atoms with Gasteiger partial charge >= 0.3 is 0 Å². The van der Waals surface area contributed by atoms with Crippen LogP contribution in [0.25, 0.3) is 0 Å². The zero-order valence-electron chi connectivity index (χ0n) is 34.4. The van der Waals surface area contributed by atoms with Crippen molar-refractivity contribution in [1.29, 1.82) is 0 Å². The molecule has 6 rings (SSSR count). The van der Waals surface area contributed by atoms with Gasteiger partial charge in [0.1, 0.15) is 0 Å². The van der Waals surface area contributed by atoms with Crippen molar-refractivity contribution < 1.29 is 14.4 Å². The van der Waals surface area contributed by atoms with Crippen LogP contribution in [0, 0.1) is 0 Å². The molecular formula is C44H67N9O3. The number of nitrogens with one attached hydrogen (secondary N) is 3. The highest BCUT2D eigenvalue weighted by Gasteiger charge is 2.64. The Morgan fingerprint density at radius 1 is 0.661 bits per heavy atom. The van der Waals surface area contributed by atoms with Gasteiger partial charge in [-0.05, 0) is 189 Å². The Labute approximate surface area is 334 Å². The van der Waals surface area contributed by atoms with E-state index in [-0.39, 0.29) is 30.1 Å². The third-order valence-electron chi connectivity index (χ3n) is 11.5. The monoisotopic (exact) mass is 770 g/mol. The van der Waals surface area contributed by atoms with Crippen molar-refractivity contribution in [1.82, 2.24) is 30.7 Å². The highest BCUT2D eigenvalue weighted by atomic mass is 16.2. The lowest BCUT2D eigenvalue weighted by atomic mass is 9.61. The maximum Gasteiger partial charge on any atom is 0.251 e. The SMILES string of the molecule is C/C=C\C1=C(CC(=O)NCCCN(C)CCCN)C2c3cc(C(=O)NCCCN(C)CCCN)ccc3C13c1cc(C(=O)NCCCN(C)CCCN)cc2c13. The van der Waals surface area contributed by atoms with Gasteiger partial charge < -0.3 is 47.9 Å². The van der Waals surface area contributed by atoms with Gasteiger partial charge in [-0.1, -0.05) is 18.2 Å². The van der Waals surface area contributed by atoms with Gasteiger partial charge in [-0.25, -0.2) is 0 Å². The summed E-state index contributed by atoms with van der Waals surface area (Å²) >= 11 is 0. The lowest BCUT2D eigenvalue weighted by Crippen LogP contribution is -2.35. The highest BCUT2D eigenvalue weighted by molar-refractivity contribution is 6.00. The van der Waals surface area contributed by atoms with Gasteiger partial charge in [0, 0.05) is 43.1 Å². The van der Waals surface area contributed by atoms with Crippen LogP contribution in [0.2, 0.25) is 0 Å². The zero-order chi connectivity index (χ0) is 40.2. The molecule has 0 saturated carbocycles. The minimum atomic E-state index is -0.541. The van der Waals surface area contributed by atoms with Crippen LogP contribution in [0.5, 0.6) is 0 Å². The van der Waals surface area contributed by atoms with Crippen molar-refractivity contribution in [3.63, 3.8) is 0 Å². The molecule has 306 valence electrons. The molecule has 0 saturated heterocycles. The normalized spacial score (nSPS) is 17.6. The van der Waals surface area contributed by atoms with Crippen LogP contribution in [0.4, 0.5) is 0 Å². The van der Waals surface area contributed by atoms with Crippen molar-refractivity contribution >= 4 is 17.7 Å². The number of nitrogens with two attached hydrogens (primary N) is 3. The second-order valence-corrected chi connectivity index (χ2v) is 15.8. The summed E-state index contributed by atoms with van der Waals surface area (Å²) in [6.45, 7) is 11.2. The summed E-state index contributed by atoms with van der Waals surface area (Å²) in [4.78, 5) is 47.7. The first kappa shape index (κ1) is 43.2. The topological polar surface area (TPSA) is 175 Å². The third-order valence-corrected chi connectivity index (χ3v) is 11.5. The lowest BCUT2D eigenvalue weighted by molar-refractivity contribution is -0.120. The van der Waals surface area contributed by atoms with Gasteiger partial charge in [-0.2, -0.15) is 0 Å². The average molecular weight is 770 g/mol. The van der Waals surface area contributed by atoms with Crippen molar-refractivity contribution in [3.8, 4) is 0 Å².